The van der Waals surface area contributed by atoms with Crippen molar-refractivity contribution in [1.29, 1.82) is 0 Å². The Morgan fingerprint density at radius 1 is 0.310 bits per heavy atom. The molecule has 1 aromatic heterocycles. The Hall–Kier alpha value is -7.62. The van der Waals surface area contributed by atoms with Crippen LogP contribution in [0, 0.1) is 0 Å². The smallest absolute Gasteiger partial charge is 0.137 e. The molecule has 0 aliphatic heterocycles. The third-order valence-corrected chi connectivity index (χ3v) is 12.2. The van der Waals surface area contributed by atoms with Crippen LogP contribution < -0.4 is 9.80 Å². The van der Waals surface area contributed by atoms with Crippen LogP contribution in [-0.2, 0) is 5.41 Å². The number of benzene rings is 9. The number of para-hydroxylation sites is 4. The van der Waals surface area contributed by atoms with E-state index in [-0.39, 0.29) is 0 Å². The van der Waals surface area contributed by atoms with Crippen molar-refractivity contribution in [2.24, 2.45) is 0 Å². The summed E-state index contributed by atoms with van der Waals surface area (Å²) in [5.41, 5.74) is 17.9. The summed E-state index contributed by atoms with van der Waals surface area (Å²) in [7, 11) is 0. The molecule has 58 heavy (non-hydrogen) atoms. The second-order valence-corrected chi connectivity index (χ2v) is 15.2. The van der Waals surface area contributed by atoms with Gasteiger partial charge in [0.15, 0.2) is 0 Å². The summed E-state index contributed by atoms with van der Waals surface area (Å²) in [4.78, 5) is 4.85. The number of hydrogen-bond acceptors (Lipinski definition) is 3. The van der Waals surface area contributed by atoms with Gasteiger partial charge in [0, 0.05) is 50.8 Å². The first-order valence-electron chi connectivity index (χ1n) is 19.9. The predicted molar refractivity (Wildman–Crippen MR) is 239 cm³/mol. The molecule has 272 valence electrons. The molecule has 0 saturated carbocycles. The first kappa shape index (κ1) is 32.6. The number of anilines is 6. The molecule has 2 aliphatic carbocycles. The van der Waals surface area contributed by atoms with Crippen molar-refractivity contribution in [1.82, 2.24) is 0 Å². The van der Waals surface area contributed by atoms with Crippen molar-refractivity contribution in [3.05, 3.63) is 241 Å². The summed E-state index contributed by atoms with van der Waals surface area (Å²) in [5, 5.41) is 2.23. The zero-order valence-corrected chi connectivity index (χ0v) is 31.6. The molecule has 0 amide bonds. The molecule has 0 unspecified atom stereocenters. The molecule has 0 N–H and O–H groups in total. The van der Waals surface area contributed by atoms with E-state index in [0.717, 1.165) is 56.1 Å². The van der Waals surface area contributed by atoms with Crippen LogP contribution in [0.5, 0.6) is 0 Å². The van der Waals surface area contributed by atoms with Gasteiger partial charge in [-0.1, -0.05) is 146 Å². The number of rotatable bonds is 6. The Morgan fingerprint density at radius 3 is 1.36 bits per heavy atom. The molecule has 1 heterocycles. The van der Waals surface area contributed by atoms with Crippen molar-refractivity contribution in [2.75, 3.05) is 9.80 Å². The first-order valence-corrected chi connectivity index (χ1v) is 19.9. The van der Waals surface area contributed by atoms with E-state index in [2.05, 4.69) is 216 Å². The summed E-state index contributed by atoms with van der Waals surface area (Å²) < 4.78 is 6.51. The van der Waals surface area contributed by atoms with E-state index in [0.29, 0.717) is 0 Å². The minimum atomic E-state index is -0.556. The van der Waals surface area contributed by atoms with Crippen molar-refractivity contribution in [2.45, 2.75) is 5.41 Å². The molecular formula is C55H36N2O. The van der Waals surface area contributed by atoms with Gasteiger partial charge < -0.3 is 14.2 Å². The van der Waals surface area contributed by atoms with Crippen molar-refractivity contribution in [3.8, 4) is 22.3 Å². The van der Waals surface area contributed by atoms with Gasteiger partial charge in [-0.05, 0) is 106 Å². The molecule has 3 nitrogen and oxygen atoms in total. The Balaban J connectivity index is 1.22. The highest BCUT2D eigenvalue weighted by atomic mass is 16.3. The zero-order valence-electron chi connectivity index (χ0n) is 31.6. The van der Waals surface area contributed by atoms with Crippen molar-refractivity contribution >= 4 is 56.1 Å². The van der Waals surface area contributed by atoms with Gasteiger partial charge in [-0.3, -0.25) is 0 Å². The van der Waals surface area contributed by atoms with Crippen molar-refractivity contribution < 1.29 is 4.42 Å². The molecule has 9 aromatic carbocycles. The number of fused-ring (bicyclic) bond motifs is 13. The Labute approximate surface area is 337 Å². The summed E-state index contributed by atoms with van der Waals surface area (Å²) >= 11 is 0. The molecule has 10 aromatic rings. The number of hydrogen-bond donors (Lipinski definition) is 0. The normalized spacial score (nSPS) is 13.0. The van der Waals surface area contributed by atoms with Gasteiger partial charge in [-0.2, -0.15) is 0 Å². The van der Waals surface area contributed by atoms with Crippen LogP contribution in [0.3, 0.4) is 0 Å². The van der Waals surface area contributed by atoms with Crippen LogP contribution in [0.15, 0.2) is 223 Å². The largest absolute Gasteiger partial charge is 0.456 e. The van der Waals surface area contributed by atoms with Crippen LogP contribution in [0.4, 0.5) is 34.1 Å². The van der Waals surface area contributed by atoms with Gasteiger partial charge in [0.05, 0.1) is 11.1 Å². The van der Waals surface area contributed by atoms with Gasteiger partial charge in [0.1, 0.15) is 11.2 Å². The third kappa shape index (κ3) is 4.62. The fourth-order valence-electron chi connectivity index (χ4n) is 9.96. The number of nitrogens with zero attached hydrogens (tertiary/aromatic N) is 2. The Morgan fingerprint density at radius 2 is 0.776 bits per heavy atom. The van der Waals surface area contributed by atoms with E-state index in [1.165, 1.54) is 44.5 Å². The minimum Gasteiger partial charge on any atom is -0.456 e. The quantitative estimate of drug-likeness (QED) is 0.169. The molecule has 0 fully saturated rings. The van der Waals surface area contributed by atoms with E-state index in [1.807, 2.05) is 12.1 Å². The van der Waals surface area contributed by atoms with Crippen LogP contribution in [-0.4, -0.2) is 0 Å². The molecule has 0 bridgehead atoms. The maximum Gasteiger partial charge on any atom is 0.137 e. The monoisotopic (exact) mass is 740 g/mol. The highest BCUT2D eigenvalue weighted by Crippen LogP contribution is 2.66. The summed E-state index contributed by atoms with van der Waals surface area (Å²) in [6.45, 7) is 0. The Bertz CT molecular complexity index is 3100. The predicted octanol–water partition coefficient (Wildman–Crippen LogP) is 14.9. The molecule has 0 atom stereocenters. The molecule has 3 heteroatoms. The SMILES string of the molecule is c1ccc(N(c2cc3c(c(N(c4ccccc4)c4ccccc4)c2)C2(c4ccccc4-c4ccccc42)c2ccccc2-3)c2ccc3c(c2)oc2ccccc23)cc1. The maximum absolute atomic E-state index is 6.51. The second-order valence-electron chi connectivity index (χ2n) is 15.2. The van der Waals surface area contributed by atoms with E-state index in [1.54, 1.807) is 0 Å². The molecule has 1 spiro atoms. The maximum atomic E-state index is 6.51. The van der Waals surface area contributed by atoms with E-state index in [4.69, 9.17) is 4.42 Å². The second kappa shape index (κ2) is 12.7. The highest BCUT2D eigenvalue weighted by molar-refractivity contribution is 6.07. The summed E-state index contributed by atoms with van der Waals surface area (Å²) in [6.07, 6.45) is 0. The van der Waals surface area contributed by atoms with Gasteiger partial charge in [-0.15, -0.1) is 0 Å². The number of furan rings is 1. The molecule has 0 radical (unpaired) electrons. The Kier molecular flexibility index (Phi) is 7.14. The van der Waals surface area contributed by atoms with Gasteiger partial charge in [0.25, 0.3) is 0 Å². The third-order valence-electron chi connectivity index (χ3n) is 12.2. The zero-order chi connectivity index (χ0) is 38.2. The van der Waals surface area contributed by atoms with E-state index >= 15 is 0 Å². The van der Waals surface area contributed by atoms with Crippen LogP contribution in [0.25, 0.3) is 44.2 Å². The summed E-state index contributed by atoms with van der Waals surface area (Å²) in [6, 6.07) is 79.3. The van der Waals surface area contributed by atoms with Crippen LogP contribution >= 0.6 is 0 Å². The fourth-order valence-corrected chi connectivity index (χ4v) is 9.96. The lowest BCUT2D eigenvalue weighted by Crippen LogP contribution is -2.28. The lowest BCUT2D eigenvalue weighted by Gasteiger charge is -2.37. The first-order chi connectivity index (χ1) is 28.8. The standard InChI is InChI=1S/C55H36N2O/c1-4-18-37(19-5-1)56(40-32-33-46-45-27-13-17-31-52(45)58-53(46)36-40)41-34-47-44-26-12-16-30-50(44)55(48-28-14-10-24-42(48)43-25-11-15-29-49(43)55)54(47)51(35-41)57(38-20-6-2-7-21-38)39-22-8-3-9-23-39/h1-36H. The van der Waals surface area contributed by atoms with Gasteiger partial charge >= 0.3 is 0 Å². The molecule has 12 rings (SSSR count). The minimum absolute atomic E-state index is 0.556. The van der Waals surface area contributed by atoms with Gasteiger partial charge in [0.2, 0.25) is 0 Å². The van der Waals surface area contributed by atoms with E-state index in [9.17, 15) is 0 Å². The fraction of sp³-hybridized carbons (Fsp3) is 0.0182. The van der Waals surface area contributed by atoms with E-state index < -0.39 is 5.41 Å². The topological polar surface area (TPSA) is 19.6 Å². The average Bonchev–Trinajstić information content (AvgIpc) is 3.92. The lowest BCUT2D eigenvalue weighted by molar-refractivity contribution is 0.669. The van der Waals surface area contributed by atoms with Crippen LogP contribution in [0.1, 0.15) is 22.3 Å². The van der Waals surface area contributed by atoms with Crippen LogP contribution in [0.2, 0.25) is 0 Å². The molecular weight excluding hydrogens is 705 g/mol. The molecule has 2 aliphatic rings. The summed E-state index contributed by atoms with van der Waals surface area (Å²) in [5.74, 6) is 0. The lowest BCUT2D eigenvalue weighted by atomic mass is 9.70. The molecule has 0 saturated heterocycles. The van der Waals surface area contributed by atoms with Crippen molar-refractivity contribution in [3.63, 3.8) is 0 Å². The average molecular weight is 741 g/mol. The highest BCUT2D eigenvalue weighted by Gasteiger charge is 2.53. The van der Waals surface area contributed by atoms with Gasteiger partial charge in [-0.25, -0.2) is 0 Å².